The lowest BCUT2D eigenvalue weighted by atomic mass is 10.2. The number of hydrogen-bond acceptors (Lipinski definition) is 6. The van der Waals surface area contributed by atoms with Crippen molar-refractivity contribution in [1.29, 1.82) is 0 Å². The van der Waals surface area contributed by atoms with Crippen LogP contribution in [0.25, 0.3) is 0 Å². The Kier molecular flexibility index (Phi) is 5.28. The molecular weight excluding hydrogens is 409 g/mol. The molecule has 1 amide bonds. The molecule has 1 aliphatic heterocycles. The number of alkyl halides is 3. The molecule has 0 unspecified atom stereocenters. The highest BCUT2D eigenvalue weighted by atomic mass is 32.2. The number of rotatable bonds is 5. The van der Waals surface area contributed by atoms with Crippen LogP contribution in [0.4, 0.5) is 24.8 Å². The van der Waals surface area contributed by atoms with Gasteiger partial charge in [-0.3, -0.25) is 4.79 Å². The van der Waals surface area contributed by atoms with E-state index < -0.39 is 32.4 Å². The van der Waals surface area contributed by atoms with E-state index in [0.29, 0.717) is 5.82 Å². The third-order valence-electron chi connectivity index (χ3n) is 4.71. The lowest BCUT2D eigenvalue weighted by Crippen LogP contribution is -2.44. The third kappa shape index (κ3) is 4.04. The van der Waals surface area contributed by atoms with E-state index in [4.69, 9.17) is 0 Å². The molecule has 156 valence electrons. The molecule has 0 aliphatic carbocycles. The van der Waals surface area contributed by atoms with Crippen molar-refractivity contribution < 1.29 is 26.4 Å². The van der Waals surface area contributed by atoms with E-state index in [9.17, 15) is 26.4 Å². The van der Waals surface area contributed by atoms with Gasteiger partial charge in [-0.25, -0.2) is 18.4 Å². The van der Waals surface area contributed by atoms with Crippen LogP contribution in [0.1, 0.15) is 26.0 Å². The van der Waals surface area contributed by atoms with Crippen LogP contribution in [-0.2, 0) is 20.8 Å². The molecule has 0 spiro atoms. The minimum Gasteiger partial charge on any atom is -0.356 e. The summed E-state index contributed by atoms with van der Waals surface area (Å²) in [6.07, 6.45) is -2.47. The Morgan fingerprint density at radius 2 is 1.83 bits per heavy atom. The number of hydrogen-bond donors (Lipinski definition) is 1. The van der Waals surface area contributed by atoms with Crippen molar-refractivity contribution in [2.45, 2.75) is 36.1 Å². The highest BCUT2D eigenvalue weighted by Crippen LogP contribution is 2.30. The maximum atomic E-state index is 13.0. The topological polar surface area (TPSA) is 92.3 Å². The monoisotopic (exact) mass is 428 g/mol. The van der Waals surface area contributed by atoms with E-state index in [0.717, 1.165) is 37.7 Å². The van der Waals surface area contributed by atoms with Gasteiger partial charge in [-0.15, -0.1) is 0 Å². The predicted octanol–water partition coefficient (Wildman–Crippen LogP) is 2.90. The molecule has 0 bridgehead atoms. The molecule has 2 aromatic heterocycles. The number of nitrogens with zero attached hydrogens (tertiary/aromatic N) is 3. The van der Waals surface area contributed by atoms with Gasteiger partial charge in [0.2, 0.25) is 5.91 Å². The van der Waals surface area contributed by atoms with Crippen LogP contribution >= 0.6 is 0 Å². The average Bonchev–Trinajstić information content (AvgIpc) is 2.60. The van der Waals surface area contributed by atoms with Crippen LogP contribution in [0.2, 0.25) is 0 Å². The predicted molar refractivity (Wildman–Crippen MR) is 100 cm³/mol. The smallest absolute Gasteiger partial charge is 0.356 e. The first-order valence-corrected chi connectivity index (χ1v) is 10.2. The minimum atomic E-state index is -4.69. The van der Waals surface area contributed by atoms with Crippen LogP contribution in [0, 0.1) is 0 Å². The zero-order valence-electron chi connectivity index (χ0n) is 15.7. The normalized spacial score (nSPS) is 15.0. The van der Waals surface area contributed by atoms with E-state index >= 15 is 0 Å². The molecule has 2 aromatic rings. The molecule has 1 aliphatic rings. The first kappa shape index (κ1) is 21.0. The van der Waals surface area contributed by atoms with E-state index in [-0.39, 0.29) is 10.7 Å². The molecule has 11 heteroatoms. The first-order chi connectivity index (χ1) is 13.4. The van der Waals surface area contributed by atoms with Crippen molar-refractivity contribution >= 4 is 27.4 Å². The van der Waals surface area contributed by atoms with E-state index in [1.165, 1.54) is 26.1 Å². The summed E-state index contributed by atoms with van der Waals surface area (Å²) in [7, 11) is -4.17. The van der Waals surface area contributed by atoms with Crippen molar-refractivity contribution in [3.8, 4) is 0 Å². The van der Waals surface area contributed by atoms with Crippen LogP contribution in [-0.4, -0.2) is 42.1 Å². The van der Waals surface area contributed by atoms with Crippen LogP contribution in [0.5, 0.6) is 0 Å². The SMILES string of the molecule is CC(C)(C(=O)Nc1cccc(C(F)(F)F)n1)S(=O)(=O)c1ccc(N2CCC2)nc1. The van der Waals surface area contributed by atoms with Gasteiger partial charge in [0, 0.05) is 19.3 Å². The number of nitrogens with one attached hydrogen (secondary N) is 1. The van der Waals surface area contributed by atoms with Gasteiger partial charge in [-0.05, 0) is 44.5 Å². The molecule has 0 saturated carbocycles. The van der Waals surface area contributed by atoms with Gasteiger partial charge in [0.1, 0.15) is 22.1 Å². The van der Waals surface area contributed by atoms with E-state index in [1.54, 1.807) is 6.07 Å². The maximum absolute atomic E-state index is 13.0. The fourth-order valence-electron chi connectivity index (χ4n) is 2.61. The number of pyridine rings is 2. The van der Waals surface area contributed by atoms with Gasteiger partial charge in [0.05, 0.1) is 4.90 Å². The largest absolute Gasteiger partial charge is 0.433 e. The zero-order valence-corrected chi connectivity index (χ0v) is 16.5. The van der Waals surface area contributed by atoms with E-state index in [2.05, 4.69) is 15.3 Å². The maximum Gasteiger partial charge on any atom is 0.433 e. The van der Waals surface area contributed by atoms with Crippen molar-refractivity contribution in [3.63, 3.8) is 0 Å². The summed E-state index contributed by atoms with van der Waals surface area (Å²) in [6.45, 7) is 4.04. The number of carbonyl (C=O) groups excluding carboxylic acids is 1. The zero-order chi connectivity index (χ0) is 21.4. The summed E-state index contributed by atoms with van der Waals surface area (Å²) in [6, 6.07) is 5.91. The quantitative estimate of drug-likeness (QED) is 0.787. The van der Waals surface area contributed by atoms with Gasteiger partial charge in [-0.2, -0.15) is 13.2 Å². The molecule has 3 heterocycles. The number of aromatic nitrogens is 2. The summed E-state index contributed by atoms with van der Waals surface area (Å²) < 4.78 is 62.3. The Hall–Kier alpha value is -2.69. The summed E-state index contributed by atoms with van der Waals surface area (Å²) in [5.74, 6) is -0.749. The second-order valence-electron chi connectivity index (χ2n) is 7.07. The number of amides is 1. The van der Waals surface area contributed by atoms with Crippen LogP contribution < -0.4 is 10.2 Å². The second-order valence-corrected chi connectivity index (χ2v) is 9.57. The fraction of sp³-hybridized carbons (Fsp3) is 0.389. The van der Waals surface area contributed by atoms with Crippen molar-refractivity contribution in [2.75, 3.05) is 23.3 Å². The molecule has 1 fully saturated rings. The molecule has 0 radical (unpaired) electrons. The van der Waals surface area contributed by atoms with Crippen molar-refractivity contribution in [2.24, 2.45) is 0 Å². The van der Waals surface area contributed by atoms with Crippen molar-refractivity contribution in [3.05, 3.63) is 42.2 Å². The summed E-state index contributed by atoms with van der Waals surface area (Å²) in [4.78, 5) is 21.9. The van der Waals surface area contributed by atoms with Gasteiger partial charge in [0.15, 0.2) is 9.84 Å². The Bertz CT molecular complexity index is 1020. The Labute approximate surface area is 165 Å². The van der Waals surface area contributed by atoms with Gasteiger partial charge < -0.3 is 10.2 Å². The first-order valence-electron chi connectivity index (χ1n) is 8.74. The standard InChI is InChI=1S/C18H19F3N4O3S/c1-17(2,16(26)24-14-6-3-5-13(23-14)18(19,20)21)29(27,28)12-7-8-15(22-11-12)25-9-4-10-25/h3,5-8,11H,4,9-10H2,1-2H3,(H,23,24,26). The lowest BCUT2D eigenvalue weighted by Gasteiger charge is -2.32. The minimum absolute atomic E-state index is 0.154. The van der Waals surface area contributed by atoms with Crippen LogP contribution in [0.15, 0.2) is 41.4 Å². The Morgan fingerprint density at radius 3 is 2.34 bits per heavy atom. The van der Waals surface area contributed by atoms with E-state index in [1.807, 2.05) is 4.90 Å². The molecule has 29 heavy (non-hydrogen) atoms. The van der Waals surface area contributed by atoms with Gasteiger partial charge >= 0.3 is 6.18 Å². The number of carbonyl (C=O) groups is 1. The Balaban J connectivity index is 1.82. The molecule has 7 nitrogen and oxygen atoms in total. The number of sulfone groups is 1. The second kappa shape index (κ2) is 7.29. The molecule has 0 aromatic carbocycles. The summed E-state index contributed by atoms with van der Waals surface area (Å²) in [5.41, 5.74) is -1.19. The molecule has 3 rings (SSSR count). The molecule has 1 saturated heterocycles. The average molecular weight is 428 g/mol. The summed E-state index contributed by atoms with van der Waals surface area (Å²) in [5, 5.41) is 2.16. The van der Waals surface area contributed by atoms with Crippen molar-refractivity contribution in [1.82, 2.24) is 9.97 Å². The summed E-state index contributed by atoms with van der Waals surface area (Å²) >= 11 is 0. The van der Waals surface area contributed by atoms with Gasteiger partial charge in [0.25, 0.3) is 0 Å². The number of anilines is 2. The lowest BCUT2D eigenvalue weighted by molar-refractivity contribution is -0.141. The molecule has 1 N–H and O–H groups in total. The molecule has 0 atom stereocenters. The van der Waals surface area contributed by atoms with Crippen LogP contribution in [0.3, 0.4) is 0 Å². The Morgan fingerprint density at radius 1 is 1.14 bits per heavy atom. The molecular formula is C18H19F3N4O3S. The number of halogens is 3. The van der Waals surface area contributed by atoms with Gasteiger partial charge in [-0.1, -0.05) is 6.07 Å². The highest BCUT2D eigenvalue weighted by Gasteiger charge is 2.43. The fourth-order valence-corrected chi connectivity index (χ4v) is 3.93. The highest BCUT2D eigenvalue weighted by molar-refractivity contribution is 7.93. The third-order valence-corrected chi connectivity index (χ3v) is 7.10.